The van der Waals surface area contributed by atoms with Crippen LogP contribution in [0.1, 0.15) is 52.9 Å². The molecule has 0 amide bonds. The van der Waals surface area contributed by atoms with E-state index in [0.29, 0.717) is 6.04 Å². The number of hydrogen-bond donors (Lipinski definition) is 2. The Kier molecular flexibility index (Phi) is 6.10. The molecule has 3 atom stereocenters. The predicted molar refractivity (Wildman–Crippen MR) is 74.6 cm³/mol. The van der Waals surface area contributed by atoms with Gasteiger partial charge in [0.2, 0.25) is 0 Å². The molecule has 0 unspecified atom stereocenters. The van der Waals surface area contributed by atoms with E-state index in [2.05, 4.69) is 31.4 Å². The van der Waals surface area contributed by atoms with Crippen molar-refractivity contribution in [1.82, 2.24) is 10.6 Å². The molecule has 0 aromatic heterocycles. The molecule has 0 bridgehead atoms. The summed E-state index contributed by atoms with van der Waals surface area (Å²) in [6.45, 7) is 7.89. The van der Waals surface area contributed by atoms with Gasteiger partial charge in [0.05, 0.1) is 0 Å². The molecule has 0 aromatic carbocycles. The Balaban J connectivity index is 2.26. The van der Waals surface area contributed by atoms with E-state index < -0.39 is 0 Å². The number of rotatable bonds is 4. The Morgan fingerprint density at radius 2 is 2.06 bits per heavy atom. The lowest BCUT2D eigenvalue weighted by Crippen LogP contribution is -2.47. The molecule has 3 heteroatoms. The van der Waals surface area contributed by atoms with Gasteiger partial charge in [-0.3, -0.25) is 0 Å². The van der Waals surface area contributed by atoms with E-state index in [4.69, 9.17) is 12.2 Å². The fourth-order valence-corrected chi connectivity index (χ4v) is 2.64. The number of unbranched alkanes of at least 4 members (excludes halogenated alkanes) is 1. The molecule has 0 saturated heterocycles. The minimum Gasteiger partial charge on any atom is -0.363 e. The summed E-state index contributed by atoms with van der Waals surface area (Å²) in [6.07, 6.45) is 6.38. The zero-order valence-electron chi connectivity index (χ0n) is 10.9. The second-order valence-corrected chi connectivity index (χ2v) is 5.54. The van der Waals surface area contributed by atoms with E-state index in [0.717, 1.165) is 23.5 Å². The zero-order valence-corrected chi connectivity index (χ0v) is 11.7. The average molecular weight is 242 g/mol. The van der Waals surface area contributed by atoms with E-state index in [1.54, 1.807) is 0 Å². The minimum absolute atomic E-state index is 0.574. The van der Waals surface area contributed by atoms with Gasteiger partial charge in [-0.15, -0.1) is 0 Å². The van der Waals surface area contributed by atoms with Crippen LogP contribution in [-0.2, 0) is 0 Å². The van der Waals surface area contributed by atoms with Gasteiger partial charge in [0.1, 0.15) is 0 Å². The molecule has 1 aliphatic carbocycles. The quantitative estimate of drug-likeness (QED) is 0.585. The lowest BCUT2D eigenvalue weighted by Gasteiger charge is -2.35. The fourth-order valence-electron chi connectivity index (χ4n) is 2.38. The van der Waals surface area contributed by atoms with Gasteiger partial charge < -0.3 is 10.6 Å². The van der Waals surface area contributed by atoms with Crippen molar-refractivity contribution < 1.29 is 0 Å². The van der Waals surface area contributed by atoms with Crippen LogP contribution in [0.15, 0.2) is 0 Å². The van der Waals surface area contributed by atoms with Crippen LogP contribution in [0.3, 0.4) is 0 Å². The molecular formula is C13H26N2S. The monoisotopic (exact) mass is 242 g/mol. The predicted octanol–water partition coefficient (Wildman–Crippen LogP) is 3.08. The maximum atomic E-state index is 5.32. The van der Waals surface area contributed by atoms with Gasteiger partial charge in [0, 0.05) is 12.6 Å². The van der Waals surface area contributed by atoms with Gasteiger partial charge in [-0.05, 0) is 36.9 Å². The largest absolute Gasteiger partial charge is 0.363 e. The molecule has 0 heterocycles. The maximum Gasteiger partial charge on any atom is 0.166 e. The van der Waals surface area contributed by atoms with Crippen LogP contribution < -0.4 is 10.6 Å². The third-order valence-electron chi connectivity index (χ3n) is 3.84. The van der Waals surface area contributed by atoms with E-state index in [-0.39, 0.29) is 0 Å². The van der Waals surface area contributed by atoms with Crippen molar-refractivity contribution in [2.24, 2.45) is 11.8 Å². The minimum atomic E-state index is 0.574. The third-order valence-corrected chi connectivity index (χ3v) is 4.10. The SMILES string of the molecule is CCCCNC(=S)N[C@@H]1CCC[C@H](C)[C@H]1C. The first kappa shape index (κ1) is 13.8. The van der Waals surface area contributed by atoms with Gasteiger partial charge in [0.15, 0.2) is 5.11 Å². The van der Waals surface area contributed by atoms with Crippen LogP contribution in [0, 0.1) is 11.8 Å². The van der Waals surface area contributed by atoms with Crippen molar-refractivity contribution in [3.05, 3.63) is 0 Å². The van der Waals surface area contributed by atoms with Crippen molar-refractivity contribution in [2.75, 3.05) is 6.54 Å². The second-order valence-electron chi connectivity index (χ2n) is 5.13. The van der Waals surface area contributed by atoms with Crippen LogP contribution in [0.2, 0.25) is 0 Å². The molecule has 16 heavy (non-hydrogen) atoms. The molecule has 1 saturated carbocycles. The third kappa shape index (κ3) is 4.28. The van der Waals surface area contributed by atoms with Crippen LogP contribution in [0.25, 0.3) is 0 Å². The summed E-state index contributed by atoms with van der Waals surface area (Å²) in [5.41, 5.74) is 0. The lowest BCUT2D eigenvalue weighted by molar-refractivity contribution is 0.224. The topological polar surface area (TPSA) is 24.1 Å². The summed E-state index contributed by atoms with van der Waals surface area (Å²) in [4.78, 5) is 0. The zero-order chi connectivity index (χ0) is 12.0. The maximum absolute atomic E-state index is 5.32. The molecule has 2 nitrogen and oxygen atoms in total. The molecule has 2 N–H and O–H groups in total. The highest BCUT2D eigenvalue weighted by molar-refractivity contribution is 7.80. The van der Waals surface area contributed by atoms with E-state index in [1.165, 1.54) is 32.1 Å². The molecule has 94 valence electrons. The first-order valence-corrected chi connectivity index (χ1v) is 7.10. The van der Waals surface area contributed by atoms with Crippen LogP contribution in [-0.4, -0.2) is 17.7 Å². The molecular weight excluding hydrogens is 216 g/mol. The van der Waals surface area contributed by atoms with Gasteiger partial charge in [-0.25, -0.2) is 0 Å². The summed E-state index contributed by atoms with van der Waals surface area (Å²) in [7, 11) is 0. The van der Waals surface area contributed by atoms with E-state index in [9.17, 15) is 0 Å². The van der Waals surface area contributed by atoms with Crippen molar-refractivity contribution in [2.45, 2.75) is 58.9 Å². The smallest absolute Gasteiger partial charge is 0.166 e. The summed E-state index contributed by atoms with van der Waals surface area (Å²) in [5, 5.41) is 7.61. The van der Waals surface area contributed by atoms with Crippen molar-refractivity contribution in [3.8, 4) is 0 Å². The molecule has 1 aliphatic rings. The Labute approximate surface area is 106 Å². The molecule has 0 radical (unpaired) electrons. The van der Waals surface area contributed by atoms with E-state index in [1.807, 2.05) is 0 Å². The van der Waals surface area contributed by atoms with Crippen molar-refractivity contribution >= 4 is 17.3 Å². The highest BCUT2D eigenvalue weighted by atomic mass is 32.1. The average Bonchev–Trinajstić information content (AvgIpc) is 2.25. The van der Waals surface area contributed by atoms with Gasteiger partial charge >= 0.3 is 0 Å². The van der Waals surface area contributed by atoms with Gasteiger partial charge in [-0.1, -0.05) is 40.0 Å². The van der Waals surface area contributed by atoms with Crippen molar-refractivity contribution in [3.63, 3.8) is 0 Å². The van der Waals surface area contributed by atoms with E-state index >= 15 is 0 Å². The Bertz CT molecular complexity index is 218. The number of hydrogen-bond acceptors (Lipinski definition) is 1. The van der Waals surface area contributed by atoms with Crippen molar-refractivity contribution in [1.29, 1.82) is 0 Å². The van der Waals surface area contributed by atoms with Gasteiger partial charge in [0.25, 0.3) is 0 Å². The van der Waals surface area contributed by atoms with Crippen LogP contribution in [0.4, 0.5) is 0 Å². The Hall–Kier alpha value is -0.310. The first-order valence-electron chi connectivity index (χ1n) is 6.69. The molecule has 0 aliphatic heterocycles. The number of thiocarbonyl (C=S) groups is 1. The van der Waals surface area contributed by atoms with Crippen LogP contribution in [0.5, 0.6) is 0 Å². The first-order chi connectivity index (χ1) is 7.65. The molecule has 1 rings (SSSR count). The Morgan fingerprint density at radius 3 is 2.75 bits per heavy atom. The summed E-state index contributed by atoms with van der Waals surface area (Å²) in [5.74, 6) is 1.56. The molecule has 0 aromatic rings. The normalized spacial score (nSPS) is 29.8. The fraction of sp³-hybridized carbons (Fsp3) is 0.923. The molecule has 1 fully saturated rings. The number of nitrogens with one attached hydrogen (secondary N) is 2. The second kappa shape index (κ2) is 7.10. The highest BCUT2D eigenvalue weighted by Crippen LogP contribution is 2.29. The molecule has 0 spiro atoms. The van der Waals surface area contributed by atoms with Crippen LogP contribution >= 0.6 is 12.2 Å². The summed E-state index contributed by atoms with van der Waals surface area (Å²) >= 11 is 5.32. The summed E-state index contributed by atoms with van der Waals surface area (Å²) in [6, 6.07) is 0.574. The lowest BCUT2D eigenvalue weighted by atomic mass is 9.78. The standard InChI is InChI=1S/C13H26N2S/c1-4-5-9-14-13(16)15-12-8-6-7-10(2)11(12)3/h10-12H,4-9H2,1-3H3,(H2,14,15,16)/t10-,11+,12+/m0/s1. The summed E-state index contributed by atoms with van der Waals surface area (Å²) < 4.78 is 0. The van der Waals surface area contributed by atoms with Gasteiger partial charge in [-0.2, -0.15) is 0 Å². The highest BCUT2D eigenvalue weighted by Gasteiger charge is 2.27. The Morgan fingerprint density at radius 1 is 1.31 bits per heavy atom.